The second-order valence-corrected chi connectivity index (χ2v) is 6.96. The molecule has 0 N–H and O–H groups in total. The summed E-state index contributed by atoms with van der Waals surface area (Å²) in [7, 11) is 0. The molecule has 0 heteroatoms. The molecule has 22 heavy (non-hydrogen) atoms. The standard InChI is InChI=1S/C22H37/c1-5-6-7-8-9-10-11-12-13-14-16-20(3)22-18-15-17-19(2)21(22)4/h15,17-18H,5-14,16H2,1-4H3. The summed E-state index contributed by atoms with van der Waals surface area (Å²) in [5.74, 6) is 1.57. The van der Waals surface area contributed by atoms with Gasteiger partial charge in [-0.05, 0) is 37.0 Å². The van der Waals surface area contributed by atoms with Crippen LogP contribution in [0.15, 0.2) is 18.2 Å². The van der Waals surface area contributed by atoms with Crippen molar-refractivity contribution in [2.75, 3.05) is 0 Å². The van der Waals surface area contributed by atoms with Crippen LogP contribution < -0.4 is 0 Å². The lowest BCUT2D eigenvalue weighted by molar-refractivity contribution is 0.552. The van der Waals surface area contributed by atoms with Gasteiger partial charge >= 0.3 is 0 Å². The first kappa shape index (κ1) is 19.3. The van der Waals surface area contributed by atoms with E-state index in [1.807, 2.05) is 0 Å². The molecule has 0 heterocycles. The van der Waals surface area contributed by atoms with E-state index in [0.29, 0.717) is 0 Å². The molecule has 0 nitrogen and oxygen atoms in total. The van der Waals surface area contributed by atoms with Crippen molar-refractivity contribution in [2.24, 2.45) is 0 Å². The maximum Gasteiger partial charge on any atom is 0.00217 e. The van der Waals surface area contributed by atoms with Crippen LogP contribution in [0.25, 0.3) is 0 Å². The predicted octanol–water partition coefficient (Wildman–Crippen LogP) is 7.56. The van der Waals surface area contributed by atoms with E-state index in [2.05, 4.69) is 45.9 Å². The molecule has 1 rings (SSSR count). The minimum absolute atomic E-state index is 1.26. The third kappa shape index (κ3) is 7.47. The molecule has 0 saturated heterocycles. The summed E-state index contributed by atoms with van der Waals surface area (Å²) in [5, 5.41) is 0. The molecule has 0 aliphatic heterocycles. The van der Waals surface area contributed by atoms with Crippen molar-refractivity contribution in [1.29, 1.82) is 0 Å². The van der Waals surface area contributed by atoms with Crippen molar-refractivity contribution in [3.05, 3.63) is 40.8 Å². The highest BCUT2D eigenvalue weighted by atomic mass is 14.1. The normalized spacial score (nSPS) is 11.3. The highest BCUT2D eigenvalue weighted by Crippen LogP contribution is 2.25. The zero-order valence-electron chi connectivity index (χ0n) is 15.5. The van der Waals surface area contributed by atoms with Crippen LogP contribution in [0.1, 0.15) is 101 Å². The van der Waals surface area contributed by atoms with E-state index in [0.717, 1.165) is 0 Å². The van der Waals surface area contributed by atoms with E-state index in [4.69, 9.17) is 0 Å². The molecule has 0 amide bonds. The lowest BCUT2D eigenvalue weighted by Gasteiger charge is -2.15. The molecular formula is C22H37. The van der Waals surface area contributed by atoms with Crippen LogP contribution in [0, 0.1) is 19.8 Å². The van der Waals surface area contributed by atoms with Crippen LogP contribution in [0.4, 0.5) is 0 Å². The highest BCUT2D eigenvalue weighted by Gasteiger charge is 2.09. The van der Waals surface area contributed by atoms with Crippen molar-refractivity contribution in [3.63, 3.8) is 0 Å². The quantitative estimate of drug-likeness (QED) is 0.349. The van der Waals surface area contributed by atoms with Gasteiger partial charge in [0, 0.05) is 5.92 Å². The smallest absolute Gasteiger partial charge is 0.00217 e. The van der Waals surface area contributed by atoms with Crippen molar-refractivity contribution in [1.82, 2.24) is 0 Å². The minimum Gasteiger partial charge on any atom is -0.0654 e. The number of hydrogen-bond acceptors (Lipinski definition) is 0. The zero-order chi connectivity index (χ0) is 16.2. The van der Waals surface area contributed by atoms with E-state index >= 15 is 0 Å². The van der Waals surface area contributed by atoms with Gasteiger partial charge in [-0.1, -0.05) is 96.3 Å². The molecule has 1 aromatic rings. The van der Waals surface area contributed by atoms with Gasteiger partial charge in [0.2, 0.25) is 0 Å². The predicted molar refractivity (Wildman–Crippen MR) is 100 cm³/mol. The summed E-state index contributed by atoms with van der Waals surface area (Å²) in [5.41, 5.74) is 4.36. The van der Waals surface area contributed by atoms with Crippen LogP contribution in [0.3, 0.4) is 0 Å². The Kier molecular flexibility index (Phi) is 10.3. The molecule has 0 aliphatic carbocycles. The molecule has 0 fully saturated rings. The van der Waals surface area contributed by atoms with E-state index < -0.39 is 0 Å². The number of hydrogen-bond donors (Lipinski definition) is 0. The molecule has 0 bridgehead atoms. The Labute approximate surface area is 139 Å². The fourth-order valence-electron chi connectivity index (χ4n) is 3.23. The van der Waals surface area contributed by atoms with Crippen LogP contribution in [-0.2, 0) is 0 Å². The highest BCUT2D eigenvalue weighted by molar-refractivity contribution is 5.41. The summed E-state index contributed by atoms with van der Waals surface area (Å²) in [6, 6.07) is 6.69. The van der Waals surface area contributed by atoms with Gasteiger partial charge in [0.25, 0.3) is 0 Å². The molecule has 1 aromatic carbocycles. The Hall–Kier alpha value is -0.780. The fraction of sp³-hybridized carbons (Fsp3) is 0.682. The average Bonchev–Trinajstić information content (AvgIpc) is 2.51. The van der Waals surface area contributed by atoms with Gasteiger partial charge in [0.1, 0.15) is 0 Å². The lowest BCUT2D eigenvalue weighted by atomic mass is 9.90. The Bertz CT molecular complexity index is 391. The second-order valence-electron chi connectivity index (χ2n) is 6.96. The van der Waals surface area contributed by atoms with Gasteiger partial charge < -0.3 is 0 Å². The Morgan fingerprint density at radius 3 is 1.91 bits per heavy atom. The Balaban J connectivity index is 2.06. The number of unbranched alkanes of at least 4 members (excludes halogenated alkanes) is 9. The molecule has 0 spiro atoms. The molecule has 0 aromatic heterocycles. The third-order valence-electron chi connectivity index (χ3n) is 4.97. The molecule has 0 unspecified atom stereocenters. The zero-order valence-corrected chi connectivity index (χ0v) is 15.5. The van der Waals surface area contributed by atoms with Crippen molar-refractivity contribution in [2.45, 2.75) is 98.3 Å². The SMILES string of the molecule is CCCCCCCCCCCC[C](C)c1cccc(C)c1C. The summed E-state index contributed by atoms with van der Waals surface area (Å²) >= 11 is 0. The Morgan fingerprint density at radius 2 is 1.32 bits per heavy atom. The summed E-state index contributed by atoms with van der Waals surface area (Å²) in [6.45, 7) is 9.08. The van der Waals surface area contributed by atoms with Crippen molar-refractivity contribution < 1.29 is 0 Å². The molecule has 1 radical (unpaired) electrons. The molecular weight excluding hydrogens is 264 g/mol. The summed E-state index contributed by atoms with van der Waals surface area (Å²) < 4.78 is 0. The van der Waals surface area contributed by atoms with Crippen molar-refractivity contribution in [3.8, 4) is 0 Å². The average molecular weight is 302 g/mol. The monoisotopic (exact) mass is 301 g/mol. The minimum atomic E-state index is 1.26. The van der Waals surface area contributed by atoms with Crippen molar-refractivity contribution >= 4 is 0 Å². The first-order chi connectivity index (χ1) is 10.7. The first-order valence-corrected chi connectivity index (χ1v) is 9.55. The maximum atomic E-state index is 2.31. The van der Waals surface area contributed by atoms with Crippen LogP contribution in [0.5, 0.6) is 0 Å². The van der Waals surface area contributed by atoms with E-state index in [9.17, 15) is 0 Å². The lowest BCUT2D eigenvalue weighted by Crippen LogP contribution is -1.99. The third-order valence-corrected chi connectivity index (χ3v) is 4.97. The number of benzene rings is 1. The summed E-state index contributed by atoms with van der Waals surface area (Å²) in [4.78, 5) is 0. The number of rotatable bonds is 12. The van der Waals surface area contributed by atoms with Gasteiger partial charge in [-0.25, -0.2) is 0 Å². The van der Waals surface area contributed by atoms with Gasteiger partial charge in [0.05, 0.1) is 0 Å². The Morgan fingerprint density at radius 1 is 0.773 bits per heavy atom. The first-order valence-electron chi connectivity index (χ1n) is 9.55. The van der Waals surface area contributed by atoms with E-state index in [1.165, 1.54) is 87.3 Å². The molecule has 125 valence electrons. The van der Waals surface area contributed by atoms with Gasteiger partial charge in [-0.15, -0.1) is 0 Å². The van der Waals surface area contributed by atoms with Crippen LogP contribution in [0.2, 0.25) is 0 Å². The molecule has 0 atom stereocenters. The van der Waals surface area contributed by atoms with Crippen LogP contribution in [-0.4, -0.2) is 0 Å². The van der Waals surface area contributed by atoms with E-state index in [1.54, 1.807) is 5.92 Å². The largest absolute Gasteiger partial charge is 0.0654 e. The maximum absolute atomic E-state index is 2.31. The topological polar surface area (TPSA) is 0 Å². The molecule has 0 saturated carbocycles. The van der Waals surface area contributed by atoms with Gasteiger partial charge in [0.15, 0.2) is 0 Å². The fourth-order valence-corrected chi connectivity index (χ4v) is 3.23. The van der Waals surface area contributed by atoms with E-state index in [-0.39, 0.29) is 0 Å². The number of aryl methyl sites for hydroxylation is 1. The summed E-state index contributed by atoms with van der Waals surface area (Å²) in [6.07, 6.45) is 15.5. The molecule has 0 aliphatic rings. The van der Waals surface area contributed by atoms with Crippen LogP contribution >= 0.6 is 0 Å². The van der Waals surface area contributed by atoms with Gasteiger partial charge in [-0.2, -0.15) is 0 Å². The van der Waals surface area contributed by atoms with Gasteiger partial charge in [-0.3, -0.25) is 0 Å². The second kappa shape index (κ2) is 11.7.